The molecule has 0 fully saturated rings. The van der Waals surface area contributed by atoms with Crippen molar-refractivity contribution in [1.29, 1.82) is 5.26 Å². The molecule has 208 valence electrons. The smallest absolute Gasteiger partial charge is 0.217 e. The minimum absolute atomic E-state index is 0.288. The summed E-state index contributed by atoms with van der Waals surface area (Å²) in [6, 6.07) is 18.2. The maximum Gasteiger partial charge on any atom is 0.217 e. The van der Waals surface area contributed by atoms with Gasteiger partial charge >= 0.3 is 0 Å². The molecule has 0 aliphatic rings. The lowest BCUT2D eigenvalue weighted by molar-refractivity contribution is 0.00234. The van der Waals surface area contributed by atoms with E-state index >= 15 is 4.39 Å². The monoisotopic (exact) mass is 576 g/mol. The third-order valence-electron chi connectivity index (χ3n) is 7.09. The first-order valence-electron chi connectivity index (χ1n) is 12.8. The summed E-state index contributed by atoms with van der Waals surface area (Å²) in [6.45, 7) is 2.25. The summed E-state index contributed by atoms with van der Waals surface area (Å²) in [6.07, 6.45) is 4.18. The van der Waals surface area contributed by atoms with E-state index in [1.165, 1.54) is 30.6 Å². The van der Waals surface area contributed by atoms with Gasteiger partial charge < -0.3 is 14.7 Å². The average Bonchev–Trinajstić information content (AvgIpc) is 2.97. The van der Waals surface area contributed by atoms with E-state index in [0.29, 0.717) is 51.7 Å². The molecule has 0 aliphatic carbocycles. The van der Waals surface area contributed by atoms with Gasteiger partial charge in [0.15, 0.2) is 0 Å². The van der Waals surface area contributed by atoms with Gasteiger partial charge in [0.05, 0.1) is 40.2 Å². The van der Waals surface area contributed by atoms with Crippen molar-refractivity contribution >= 4 is 34.4 Å². The van der Waals surface area contributed by atoms with Gasteiger partial charge in [-0.25, -0.2) is 14.4 Å². The van der Waals surface area contributed by atoms with Crippen molar-refractivity contribution in [3.8, 4) is 11.9 Å². The molecule has 0 spiro atoms. The number of aryl methyl sites for hydroxylation is 1. The molecule has 4 rings (SSSR count). The number of hydrogen-bond donors (Lipinski definition) is 1. The first-order valence-corrected chi connectivity index (χ1v) is 15.2. The molecule has 0 saturated heterocycles. The van der Waals surface area contributed by atoms with Gasteiger partial charge in [-0.1, -0.05) is 18.2 Å². The number of hydrogen-bond acceptors (Lipinski definition) is 8. The predicted octanol–water partition coefficient (Wildman–Crippen LogP) is 6.37. The summed E-state index contributed by atoms with van der Waals surface area (Å²) in [5.41, 5.74) is 1.52. The highest BCUT2D eigenvalue weighted by molar-refractivity contribution is 7.99. The van der Waals surface area contributed by atoms with Gasteiger partial charge in [0.2, 0.25) is 5.88 Å². The van der Waals surface area contributed by atoms with Crippen LogP contribution in [0.1, 0.15) is 40.2 Å². The largest absolute Gasteiger partial charge is 0.481 e. The van der Waals surface area contributed by atoms with Gasteiger partial charge in [0.25, 0.3) is 0 Å². The molecule has 0 aliphatic heterocycles. The van der Waals surface area contributed by atoms with Crippen LogP contribution in [0.25, 0.3) is 10.9 Å². The van der Waals surface area contributed by atoms with Crippen LogP contribution >= 0.6 is 23.5 Å². The summed E-state index contributed by atoms with van der Waals surface area (Å²) in [4.78, 5) is 11.4. The maximum absolute atomic E-state index is 16.1. The van der Waals surface area contributed by atoms with Crippen LogP contribution in [0.15, 0.2) is 64.6 Å². The van der Waals surface area contributed by atoms with E-state index in [9.17, 15) is 10.4 Å². The zero-order valence-electron chi connectivity index (χ0n) is 23.5. The normalized spacial score (nSPS) is 13.7. The molecule has 2 atom stereocenters. The molecule has 40 heavy (non-hydrogen) atoms. The number of nitrogens with zero attached hydrogens (tertiary/aromatic N) is 4. The van der Waals surface area contributed by atoms with Crippen LogP contribution < -0.4 is 4.74 Å². The lowest BCUT2D eigenvalue weighted by atomic mass is 9.71. The fourth-order valence-corrected chi connectivity index (χ4v) is 5.91. The fourth-order valence-electron chi connectivity index (χ4n) is 4.98. The number of fused-ring (bicyclic) bond motifs is 1. The highest BCUT2D eigenvalue weighted by Gasteiger charge is 2.44. The van der Waals surface area contributed by atoms with E-state index in [1.807, 2.05) is 49.7 Å². The zero-order valence-corrected chi connectivity index (χ0v) is 25.2. The van der Waals surface area contributed by atoms with Crippen molar-refractivity contribution in [2.24, 2.45) is 0 Å². The highest BCUT2D eigenvalue weighted by Crippen LogP contribution is 2.49. The molecule has 2 aromatic heterocycles. The number of nitriles is 1. The average molecular weight is 577 g/mol. The van der Waals surface area contributed by atoms with E-state index in [2.05, 4.69) is 11.1 Å². The van der Waals surface area contributed by atoms with Crippen molar-refractivity contribution in [3.05, 3.63) is 88.2 Å². The van der Waals surface area contributed by atoms with Crippen LogP contribution in [0.4, 0.5) is 4.39 Å². The van der Waals surface area contributed by atoms with Gasteiger partial charge in [-0.3, -0.25) is 0 Å². The number of halogens is 1. The number of methoxy groups -OCH3 is 1. The van der Waals surface area contributed by atoms with Crippen LogP contribution in [0, 0.1) is 24.1 Å². The van der Waals surface area contributed by atoms with Crippen molar-refractivity contribution in [2.75, 3.05) is 40.3 Å². The van der Waals surface area contributed by atoms with E-state index < -0.39 is 17.3 Å². The quantitative estimate of drug-likeness (QED) is 0.218. The number of rotatable bonds is 10. The van der Waals surface area contributed by atoms with Crippen molar-refractivity contribution < 1.29 is 14.2 Å². The summed E-state index contributed by atoms with van der Waals surface area (Å²) in [7, 11) is 5.41. The second-order valence-corrected chi connectivity index (χ2v) is 11.6. The number of aliphatic hydroxyl groups is 1. The maximum atomic E-state index is 16.1. The molecule has 0 unspecified atom stereocenters. The number of benzene rings is 2. The molecule has 9 heteroatoms. The van der Waals surface area contributed by atoms with Crippen molar-refractivity contribution in [3.63, 3.8) is 0 Å². The Morgan fingerprint density at radius 2 is 1.75 bits per heavy atom. The van der Waals surface area contributed by atoms with Gasteiger partial charge in [0.1, 0.15) is 11.4 Å². The van der Waals surface area contributed by atoms with Crippen LogP contribution in [-0.2, 0) is 5.60 Å². The number of aromatic nitrogens is 2. The Hall–Kier alpha value is -3.16. The topological polar surface area (TPSA) is 82.3 Å². The van der Waals surface area contributed by atoms with Crippen LogP contribution in [0.5, 0.6) is 5.88 Å². The lowest BCUT2D eigenvalue weighted by Gasteiger charge is -2.39. The van der Waals surface area contributed by atoms with Crippen LogP contribution in [0.3, 0.4) is 0 Å². The van der Waals surface area contributed by atoms with Gasteiger partial charge in [-0.05, 0) is 93.0 Å². The summed E-state index contributed by atoms with van der Waals surface area (Å²) < 4.78 is 21.9. The SMILES string of the molecule is COc1nc2ccc(C#N)cc2cc1[C@@H](c1cccc(C)c1F)[C@@](O)(CCN(C)C)c1cc(SC)nc(SC)c1. The summed E-state index contributed by atoms with van der Waals surface area (Å²) in [5.74, 6) is -1.000. The molecular formula is C31H33FN4O2S2. The molecule has 6 nitrogen and oxygen atoms in total. The van der Waals surface area contributed by atoms with Gasteiger partial charge in [-0.15, -0.1) is 23.5 Å². The third-order valence-corrected chi connectivity index (χ3v) is 8.34. The summed E-state index contributed by atoms with van der Waals surface area (Å²) in [5, 5.41) is 24.7. The van der Waals surface area contributed by atoms with Gasteiger partial charge in [0, 0.05) is 17.5 Å². The Balaban J connectivity index is 2.12. The Labute approximate surface area is 243 Å². The lowest BCUT2D eigenvalue weighted by Crippen LogP contribution is -2.38. The highest BCUT2D eigenvalue weighted by atomic mass is 32.2. The molecule has 0 amide bonds. The van der Waals surface area contributed by atoms with Crippen molar-refractivity contribution in [1.82, 2.24) is 14.9 Å². The Morgan fingerprint density at radius 1 is 1.05 bits per heavy atom. The molecule has 0 bridgehead atoms. The Bertz CT molecular complexity index is 1550. The third kappa shape index (κ3) is 5.96. The molecule has 4 aromatic rings. The second-order valence-electron chi connectivity index (χ2n) is 9.94. The zero-order chi connectivity index (χ0) is 29.0. The predicted molar refractivity (Wildman–Crippen MR) is 161 cm³/mol. The standard InChI is InChI=1S/C31H33FN4O2S2/c1-19-8-7-9-23(29(19)32)28(24-15-21-14-20(18-33)10-11-25(21)34-30(24)38-4)31(37,12-13-36(2)3)22-16-26(39-5)35-27(17-22)40-6/h7-11,14-17,28,37H,12-13H2,1-6H3/t28-,31-/m1/s1. The minimum atomic E-state index is -1.58. The Kier molecular flexibility index (Phi) is 9.37. The van der Waals surface area contributed by atoms with Gasteiger partial charge in [-0.2, -0.15) is 5.26 Å². The van der Waals surface area contributed by atoms with Crippen LogP contribution in [0.2, 0.25) is 0 Å². The molecule has 0 radical (unpaired) electrons. The molecule has 2 heterocycles. The second kappa shape index (κ2) is 12.6. The van der Waals surface area contributed by atoms with E-state index in [-0.39, 0.29) is 5.88 Å². The minimum Gasteiger partial charge on any atom is -0.481 e. The number of thioether (sulfide) groups is 2. The molecular weight excluding hydrogens is 543 g/mol. The number of ether oxygens (including phenoxy) is 1. The first-order chi connectivity index (χ1) is 19.1. The van der Waals surface area contributed by atoms with E-state index in [4.69, 9.17) is 9.72 Å². The fraction of sp³-hybridized carbons (Fsp3) is 0.323. The number of pyridine rings is 2. The van der Waals surface area contributed by atoms with Crippen molar-refractivity contribution in [2.45, 2.75) is 34.9 Å². The van der Waals surface area contributed by atoms with E-state index in [0.717, 1.165) is 10.1 Å². The molecule has 2 aromatic carbocycles. The summed E-state index contributed by atoms with van der Waals surface area (Å²) >= 11 is 2.98. The molecule has 1 N–H and O–H groups in total. The Morgan fingerprint density at radius 3 is 2.35 bits per heavy atom. The van der Waals surface area contributed by atoms with Crippen LogP contribution in [-0.4, -0.2) is 60.2 Å². The first kappa shape index (κ1) is 29.8. The molecule has 0 saturated carbocycles. The van der Waals surface area contributed by atoms with E-state index in [1.54, 1.807) is 43.3 Å².